The molecule has 0 radical (unpaired) electrons. The third kappa shape index (κ3) is 8.77. The predicted molar refractivity (Wildman–Crippen MR) is 145 cm³/mol. The Balaban J connectivity index is 1.58. The van der Waals surface area contributed by atoms with E-state index in [1.54, 1.807) is 48.6 Å². The number of carboxylic acids is 1. The molecule has 37 heavy (non-hydrogen) atoms. The summed E-state index contributed by atoms with van der Waals surface area (Å²) in [5.41, 5.74) is 2.76. The van der Waals surface area contributed by atoms with E-state index < -0.39 is 22.1 Å². The minimum absolute atomic E-state index is 0.0200. The Hall–Kier alpha value is -3.62. The van der Waals surface area contributed by atoms with Crippen LogP contribution in [0.4, 0.5) is 5.69 Å². The fourth-order valence-electron chi connectivity index (χ4n) is 3.86. The lowest BCUT2D eigenvalue weighted by Crippen LogP contribution is -2.15. The summed E-state index contributed by atoms with van der Waals surface area (Å²) >= 11 is 0. The molecule has 0 aromatic heterocycles. The van der Waals surface area contributed by atoms with Gasteiger partial charge >= 0.3 is 5.97 Å². The number of hydrogen-bond donors (Lipinski definition) is 3. The smallest absolute Gasteiger partial charge is 0.303 e. The lowest BCUT2D eigenvalue weighted by molar-refractivity contribution is -0.136. The van der Waals surface area contributed by atoms with Crippen LogP contribution in [0, 0.1) is 0 Å². The zero-order valence-electron chi connectivity index (χ0n) is 20.8. The number of aryl methyl sites for hydroxylation is 2. The average Bonchev–Trinajstić information content (AvgIpc) is 2.87. The molecule has 196 valence electrons. The number of sulfonamides is 1. The van der Waals surface area contributed by atoms with Crippen molar-refractivity contribution < 1.29 is 28.2 Å². The van der Waals surface area contributed by atoms with Crippen molar-refractivity contribution in [3.63, 3.8) is 0 Å². The number of aliphatic hydroxyl groups excluding tert-OH is 1. The molecule has 0 aliphatic heterocycles. The van der Waals surface area contributed by atoms with Gasteiger partial charge in [-0.1, -0.05) is 74.0 Å². The number of carboxylic acid groups (broad SMARTS) is 1. The molecule has 3 rings (SSSR count). The van der Waals surface area contributed by atoms with Gasteiger partial charge in [-0.15, -0.1) is 0 Å². The second-order valence-corrected chi connectivity index (χ2v) is 10.3. The molecule has 0 spiro atoms. The Bertz CT molecular complexity index is 1320. The van der Waals surface area contributed by atoms with Gasteiger partial charge < -0.3 is 14.9 Å². The number of benzene rings is 3. The molecule has 3 aromatic carbocycles. The minimum Gasteiger partial charge on any atom is -0.493 e. The summed E-state index contributed by atoms with van der Waals surface area (Å²) in [5.74, 6) is -0.256. The van der Waals surface area contributed by atoms with Crippen molar-refractivity contribution in [1.29, 1.82) is 0 Å². The Morgan fingerprint density at radius 2 is 1.73 bits per heavy atom. The first-order chi connectivity index (χ1) is 17.8. The fourth-order valence-corrected chi connectivity index (χ4v) is 5.18. The van der Waals surface area contributed by atoms with Gasteiger partial charge in [-0.3, -0.25) is 9.52 Å². The van der Waals surface area contributed by atoms with Crippen molar-refractivity contribution in [1.82, 2.24) is 0 Å². The maximum absolute atomic E-state index is 13.0. The van der Waals surface area contributed by atoms with Crippen LogP contribution in [0.2, 0.25) is 0 Å². The van der Waals surface area contributed by atoms with Crippen LogP contribution >= 0.6 is 0 Å². The summed E-state index contributed by atoms with van der Waals surface area (Å²) < 4.78 is 34.4. The van der Waals surface area contributed by atoms with Crippen molar-refractivity contribution in [2.75, 3.05) is 11.3 Å². The van der Waals surface area contributed by atoms with E-state index in [1.165, 1.54) is 0 Å². The van der Waals surface area contributed by atoms with Gasteiger partial charge in [-0.05, 0) is 53.8 Å². The molecule has 0 aliphatic carbocycles. The first kappa shape index (κ1) is 28.0. The van der Waals surface area contributed by atoms with Crippen LogP contribution in [0.25, 0.3) is 6.08 Å². The van der Waals surface area contributed by atoms with Gasteiger partial charge in [0, 0.05) is 18.5 Å². The van der Waals surface area contributed by atoms with E-state index in [0.717, 1.165) is 23.1 Å². The number of nitrogens with one attached hydrogen (secondary N) is 1. The van der Waals surface area contributed by atoms with Crippen LogP contribution in [-0.4, -0.2) is 37.3 Å². The summed E-state index contributed by atoms with van der Waals surface area (Å²) in [5, 5.41) is 19.3. The van der Waals surface area contributed by atoms with E-state index in [0.29, 0.717) is 30.7 Å². The van der Waals surface area contributed by atoms with Crippen LogP contribution in [0.15, 0.2) is 83.8 Å². The van der Waals surface area contributed by atoms with E-state index in [9.17, 15) is 18.3 Å². The highest BCUT2D eigenvalue weighted by molar-refractivity contribution is 7.92. The van der Waals surface area contributed by atoms with Crippen LogP contribution < -0.4 is 9.46 Å². The molecular formula is C29H33NO6S. The lowest BCUT2D eigenvalue weighted by Gasteiger charge is -2.13. The highest BCUT2D eigenvalue weighted by Gasteiger charge is 2.18. The molecule has 3 aromatic rings. The number of aliphatic carboxylic acids is 1. The molecule has 0 heterocycles. The zero-order valence-corrected chi connectivity index (χ0v) is 21.7. The van der Waals surface area contributed by atoms with Crippen molar-refractivity contribution in [2.24, 2.45) is 0 Å². The molecule has 0 saturated carbocycles. The van der Waals surface area contributed by atoms with Gasteiger partial charge in [0.25, 0.3) is 10.0 Å². The molecule has 0 amide bonds. The molecule has 3 N–H and O–H groups in total. The van der Waals surface area contributed by atoms with Gasteiger partial charge in [-0.2, -0.15) is 0 Å². The van der Waals surface area contributed by atoms with Crippen molar-refractivity contribution in [3.05, 3.63) is 95.6 Å². The van der Waals surface area contributed by atoms with E-state index in [2.05, 4.69) is 4.72 Å². The number of rotatable bonds is 14. The molecular weight excluding hydrogens is 490 g/mol. The highest BCUT2D eigenvalue weighted by Crippen LogP contribution is 2.23. The second-order valence-electron chi connectivity index (χ2n) is 8.65. The molecule has 0 bridgehead atoms. The quantitative estimate of drug-likeness (QED) is 0.264. The van der Waals surface area contributed by atoms with Crippen molar-refractivity contribution in [2.45, 2.75) is 50.0 Å². The Morgan fingerprint density at radius 1 is 1.00 bits per heavy atom. The fraction of sp³-hybridized carbons (Fsp3) is 0.276. The van der Waals surface area contributed by atoms with E-state index in [1.807, 2.05) is 43.3 Å². The van der Waals surface area contributed by atoms with Gasteiger partial charge in [0.05, 0.1) is 17.6 Å². The molecule has 0 aliphatic rings. The number of hydrogen-bond acceptors (Lipinski definition) is 5. The predicted octanol–water partition coefficient (Wildman–Crippen LogP) is 5.30. The first-order valence-corrected chi connectivity index (χ1v) is 13.8. The molecule has 7 nitrogen and oxygen atoms in total. The van der Waals surface area contributed by atoms with Crippen LogP contribution in [-0.2, 0) is 27.7 Å². The summed E-state index contributed by atoms with van der Waals surface area (Å²) in [4.78, 5) is 11.1. The first-order valence-electron chi connectivity index (χ1n) is 12.3. The standard InChI is InChI=1S/C29H33NO6S/c1-2-8-24-11-4-6-14-28(24)37(34,35)30-25-12-7-9-22(21-25)15-17-26(31)19-20-36-27-13-5-3-10-23(27)16-18-29(32)33/h3-7,9-15,17,21,26,30-31H,2,8,16,18-20H2,1H3,(H,32,33)/b17-15+/t26-/m0/s1. The third-order valence-electron chi connectivity index (χ3n) is 5.68. The topological polar surface area (TPSA) is 113 Å². The summed E-state index contributed by atoms with van der Waals surface area (Å²) in [6, 6.07) is 21.2. The molecule has 0 saturated heterocycles. The summed E-state index contributed by atoms with van der Waals surface area (Å²) in [6.07, 6.45) is 4.84. The molecule has 0 unspecified atom stereocenters. The Labute approximate surface area is 218 Å². The Kier molecular flexibility index (Phi) is 10.3. The number of aliphatic hydroxyl groups is 1. The molecule has 0 fully saturated rings. The normalized spacial score (nSPS) is 12.4. The largest absolute Gasteiger partial charge is 0.493 e. The minimum atomic E-state index is -3.74. The van der Waals surface area contributed by atoms with E-state index in [-0.39, 0.29) is 17.9 Å². The number of anilines is 1. The van der Waals surface area contributed by atoms with E-state index in [4.69, 9.17) is 9.84 Å². The lowest BCUT2D eigenvalue weighted by atomic mass is 10.1. The van der Waals surface area contributed by atoms with Gasteiger partial charge in [-0.25, -0.2) is 8.42 Å². The number of ether oxygens (including phenoxy) is 1. The summed E-state index contributed by atoms with van der Waals surface area (Å²) in [7, 11) is -3.74. The third-order valence-corrected chi connectivity index (χ3v) is 7.16. The monoisotopic (exact) mass is 523 g/mol. The van der Waals surface area contributed by atoms with Crippen molar-refractivity contribution in [3.8, 4) is 5.75 Å². The summed E-state index contributed by atoms with van der Waals surface area (Å²) in [6.45, 7) is 2.27. The molecule has 1 atom stereocenters. The Morgan fingerprint density at radius 3 is 2.49 bits per heavy atom. The van der Waals surface area contributed by atoms with Gasteiger partial charge in [0.2, 0.25) is 0 Å². The number of para-hydroxylation sites is 1. The second kappa shape index (κ2) is 13.6. The van der Waals surface area contributed by atoms with E-state index >= 15 is 0 Å². The van der Waals surface area contributed by atoms with Crippen LogP contribution in [0.1, 0.15) is 42.9 Å². The molecule has 8 heteroatoms. The van der Waals surface area contributed by atoms with Crippen LogP contribution in [0.5, 0.6) is 5.75 Å². The van der Waals surface area contributed by atoms with Crippen molar-refractivity contribution >= 4 is 27.8 Å². The van der Waals surface area contributed by atoms with Crippen LogP contribution in [0.3, 0.4) is 0 Å². The average molecular weight is 524 g/mol. The van der Waals surface area contributed by atoms with Gasteiger partial charge in [0.15, 0.2) is 0 Å². The highest BCUT2D eigenvalue weighted by atomic mass is 32.2. The SMILES string of the molecule is CCCc1ccccc1S(=O)(=O)Nc1cccc(/C=C/[C@H](O)CCOc2ccccc2CCC(=O)O)c1. The maximum atomic E-state index is 13.0. The van der Waals surface area contributed by atoms with Gasteiger partial charge in [0.1, 0.15) is 5.75 Å². The zero-order chi connectivity index (χ0) is 26.7. The number of carbonyl (C=O) groups is 1. The maximum Gasteiger partial charge on any atom is 0.303 e.